The minimum atomic E-state index is -3.09. The molecule has 2 amide bonds. The quantitative estimate of drug-likeness (QED) is 0.400. The standard InChI is InChI=1S/C25H22F2N2O5S/c26-23(27)19(12-21(30)31)28-24(32)22(20-10-5-11-35-20)29-25(33)34-13-18-16-8-3-1-6-14(16)15-7-2-4-9-17(15)18/h1-11,18-19,22-23H,12-13H2,(H,28,32)(H,29,33)(H,30,31). The SMILES string of the molecule is O=C(O)CC(NC(=O)C(NC(=O)OCC1c2ccccc2-c2ccccc21)c1cccs1)C(F)F. The summed E-state index contributed by atoms with van der Waals surface area (Å²) in [5.41, 5.74) is 4.15. The average Bonchev–Trinajstić information content (AvgIpc) is 3.47. The minimum absolute atomic E-state index is 0.0112. The highest BCUT2D eigenvalue weighted by molar-refractivity contribution is 7.10. The molecule has 7 nitrogen and oxygen atoms in total. The number of carbonyl (C=O) groups excluding carboxylic acids is 2. The van der Waals surface area contributed by atoms with Gasteiger partial charge in [-0.2, -0.15) is 0 Å². The number of hydrogen-bond donors (Lipinski definition) is 3. The van der Waals surface area contributed by atoms with E-state index in [0.717, 1.165) is 33.6 Å². The Kier molecular flexibility index (Phi) is 7.40. The van der Waals surface area contributed by atoms with E-state index in [-0.39, 0.29) is 12.5 Å². The molecule has 10 heteroatoms. The number of hydrogen-bond acceptors (Lipinski definition) is 5. The molecule has 4 rings (SSSR count). The van der Waals surface area contributed by atoms with E-state index >= 15 is 0 Å². The Bertz CT molecular complexity index is 1170. The predicted octanol–water partition coefficient (Wildman–Crippen LogP) is 4.55. The van der Waals surface area contributed by atoms with Crippen molar-refractivity contribution in [2.75, 3.05) is 6.61 Å². The lowest BCUT2D eigenvalue weighted by Crippen LogP contribution is -2.47. The van der Waals surface area contributed by atoms with E-state index in [9.17, 15) is 23.2 Å². The summed E-state index contributed by atoms with van der Waals surface area (Å²) in [6.07, 6.45) is -4.94. The number of ether oxygens (including phenoxy) is 1. The number of aliphatic carboxylic acids is 1. The van der Waals surface area contributed by atoms with Crippen molar-refractivity contribution in [3.8, 4) is 11.1 Å². The molecular weight excluding hydrogens is 478 g/mol. The number of amides is 2. The van der Waals surface area contributed by atoms with Crippen molar-refractivity contribution in [1.29, 1.82) is 0 Å². The van der Waals surface area contributed by atoms with Crippen LogP contribution in [-0.2, 0) is 14.3 Å². The number of alkyl halides is 2. The number of carbonyl (C=O) groups is 3. The van der Waals surface area contributed by atoms with E-state index in [0.29, 0.717) is 4.88 Å². The molecule has 0 radical (unpaired) electrons. The number of thiophene rings is 1. The third-order valence-corrected chi connectivity index (χ3v) is 6.66. The largest absolute Gasteiger partial charge is 0.481 e. The van der Waals surface area contributed by atoms with E-state index in [1.54, 1.807) is 17.5 Å². The van der Waals surface area contributed by atoms with Crippen LogP contribution in [-0.4, -0.2) is 42.2 Å². The summed E-state index contributed by atoms with van der Waals surface area (Å²) in [6.45, 7) is 0.0112. The van der Waals surface area contributed by atoms with Crippen LogP contribution < -0.4 is 10.6 Å². The van der Waals surface area contributed by atoms with Crippen molar-refractivity contribution in [3.63, 3.8) is 0 Å². The van der Waals surface area contributed by atoms with Gasteiger partial charge in [0.1, 0.15) is 18.7 Å². The zero-order chi connectivity index (χ0) is 24.9. The van der Waals surface area contributed by atoms with Crippen LogP contribution in [0.15, 0.2) is 66.0 Å². The first-order chi connectivity index (χ1) is 16.8. The van der Waals surface area contributed by atoms with Crippen LogP contribution in [0.25, 0.3) is 11.1 Å². The molecule has 1 aromatic heterocycles. The molecule has 3 aromatic rings. The van der Waals surface area contributed by atoms with Gasteiger partial charge in [0.15, 0.2) is 0 Å². The Morgan fingerprint density at radius 3 is 2.11 bits per heavy atom. The molecular formula is C25H22F2N2O5S. The molecule has 0 aliphatic heterocycles. The molecule has 2 aromatic carbocycles. The Hall–Kier alpha value is -3.79. The van der Waals surface area contributed by atoms with Crippen LogP contribution >= 0.6 is 11.3 Å². The third-order valence-electron chi connectivity index (χ3n) is 5.72. The first-order valence-corrected chi connectivity index (χ1v) is 11.7. The molecule has 35 heavy (non-hydrogen) atoms. The number of carboxylic acid groups (broad SMARTS) is 1. The molecule has 0 spiro atoms. The van der Waals surface area contributed by atoms with Gasteiger partial charge in [-0.1, -0.05) is 54.6 Å². The fraction of sp³-hybridized carbons (Fsp3) is 0.240. The Balaban J connectivity index is 1.46. The Labute approximate surface area is 203 Å². The second kappa shape index (κ2) is 10.6. The summed E-state index contributed by atoms with van der Waals surface area (Å²) in [7, 11) is 0. The maximum Gasteiger partial charge on any atom is 0.408 e. The number of fused-ring (bicyclic) bond motifs is 3. The maximum atomic E-state index is 13.2. The van der Waals surface area contributed by atoms with E-state index in [2.05, 4.69) is 5.32 Å². The predicted molar refractivity (Wildman–Crippen MR) is 125 cm³/mol. The number of alkyl carbamates (subject to hydrolysis) is 1. The van der Waals surface area contributed by atoms with E-state index in [1.807, 2.05) is 53.8 Å². The van der Waals surface area contributed by atoms with Gasteiger partial charge in [-0.05, 0) is 33.7 Å². The molecule has 0 saturated heterocycles. The number of halogens is 2. The van der Waals surface area contributed by atoms with Crippen molar-refractivity contribution >= 4 is 29.3 Å². The highest BCUT2D eigenvalue weighted by atomic mass is 32.1. The molecule has 1 aliphatic carbocycles. The number of nitrogens with one attached hydrogen (secondary N) is 2. The summed E-state index contributed by atoms with van der Waals surface area (Å²) in [6, 6.07) is 15.6. The fourth-order valence-electron chi connectivity index (χ4n) is 4.14. The molecule has 1 aliphatic rings. The first kappa shape index (κ1) is 24.3. The fourth-order valence-corrected chi connectivity index (χ4v) is 4.91. The Morgan fingerprint density at radius 1 is 0.943 bits per heavy atom. The first-order valence-electron chi connectivity index (χ1n) is 10.8. The smallest absolute Gasteiger partial charge is 0.408 e. The number of carboxylic acids is 1. The second-order valence-electron chi connectivity index (χ2n) is 7.97. The summed E-state index contributed by atoms with van der Waals surface area (Å²) in [4.78, 5) is 36.7. The summed E-state index contributed by atoms with van der Waals surface area (Å²) < 4.78 is 31.9. The van der Waals surface area contributed by atoms with Gasteiger partial charge in [0.05, 0.1) is 6.42 Å². The molecule has 0 fully saturated rings. The van der Waals surface area contributed by atoms with Crippen molar-refractivity contribution in [1.82, 2.24) is 10.6 Å². The van der Waals surface area contributed by atoms with Gasteiger partial charge < -0.3 is 20.5 Å². The highest BCUT2D eigenvalue weighted by Crippen LogP contribution is 2.44. The Morgan fingerprint density at radius 2 is 1.57 bits per heavy atom. The van der Waals surface area contributed by atoms with Crippen LogP contribution in [0.1, 0.15) is 34.4 Å². The third kappa shape index (κ3) is 5.48. The topological polar surface area (TPSA) is 105 Å². The van der Waals surface area contributed by atoms with Crippen LogP contribution in [0.5, 0.6) is 0 Å². The van der Waals surface area contributed by atoms with Crippen LogP contribution in [0.2, 0.25) is 0 Å². The van der Waals surface area contributed by atoms with Gasteiger partial charge >= 0.3 is 12.1 Å². The summed E-state index contributed by atoms with van der Waals surface area (Å²) in [5.74, 6) is -2.62. The van der Waals surface area contributed by atoms with Crippen molar-refractivity contribution in [2.24, 2.45) is 0 Å². The van der Waals surface area contributed by atoms with Gasteiger partial charge in [-0.3, -0.25) is 9.59 Å². The lowest BCUT2D eigenvalue weighted by atomic mass is 9.98. The molecule has 0 saturated carbocycles. The van der Waals surface area contributed by atoms with Crippen molar-refractivity contribution in [3.05, 3.63) is 82.0 Å². The number of rotatable bonds is 9. The van der Waals surface area contributed by atoms with E-state index < -0.39 is 42.9 Å². The zero-order valence-corrected chi connectivity index (χ0v) is 19.1. The summed E-state index contributed by atoms with van der Waals surface area (Å²) in [5, 5.41) is 15.0. The highest BCUT2D eigenvalue weighted by Gasteiger charge is 2.32. The van der Waals surface area contributed by atoms with Crippen LogP contribution in [0, 0.1) is 0 Å². The second-order valence-corrected chi connectivity index (χ2v) is 8.94. The molecule has 0 bridgehead atoms. The summed E-state index contributed by atoms with van der Waals surface area (Å²) >= 11 is 1.14. The van der Waals surface area contributed by atoms with Crippen molar-refractivity contribution < 1.29 is 33.0 Å². The normalized spacial score (nSPS) is 14.0. The number of benzene rings is 2. The minimum Gasteiger partial charge on any atom is -0.481 e. The lowest BCUT2D eigenvalue weighted by Gasteiger charge is -2.22. The van der Waals surface area contributed by atoms with Gasteiger partial charge in [0, 0.05) is 10.8 Å². The van der Waals surface area contributed by atoms with Gasteiger partial charge in [-0.15, -0.1) is 11.3 Å². The maximum absolute atomic E-state index is 13.2. The zero-order valence-electron chi connectivity index (χ0n) is 18.3. The molecule has 3 N–H and O–H groups in total. The van der Waals surface area contributed by atoms with Crippen molar-refractivity contribution in [2.45, 2.75) is 30.8 Å². The van der Waals surface area contributed by atoms with Gasteiger partial charge in [0.25, 0.3) is 6.43 Å². The molecule has 182 valence electrons. The van der Waals surface area contributed by atoms with E-state index in [4.69, 9.17) is 9.84 Å². The van der Waals surface area contributed by atoms with Gasteiger partial charge in [-0.25, -0.2) is 13.6 Å². The lowest BCUT2D eigenvalue weighted by molar-refractivity contribution is -0.139. The van der Waals surface area contributed by atoms with Gasteiger partial charge in [0.2, 0.25) is 5.91 Å². The molecule has 1 heterocycles. The monoisotopic (exact) mass is 500 g/mol. The van der Waals surface area contributed by atoms with E-state index in [1.165, 1.54) is 0 Å². The average molecular weight is 501 g/mol. The van der Waals surface area contributed by atoms with Crippen LogP contribution in [0.3, 0.4) is 0 Å². The van der Waals surface area contributed by atoms with Crippen LogP contribution in [0.4, 0.5) is 13.6 Å². The molecule has 2 atom stereocenters. The molecule has 2 unspecified atom stereocenters.